The van der Waals surface area contributed by atoms with Gasteiger partial charge in [0.25, 0.3) is 0 Å². The van der Waals surface area contributed by atoms with Crippen LogP contribution in [-0.4, -0.2) is 20.4 Å². The first kappa shape index (κ1) is 25.0. The normalized spacial score (nSPS) is 18.5. The van der Waals surface area contributed by atoms with E-state index in [4.69, 9.17) is 8.92 Å². The minimum atomic E-state index is -4.21. The van der Waals surface area contributed by atoms with Crippen molar-refractivity contribution < 1.29 is 32.0 Å². The van der Waals surface area contributed by atoms with E-state index in [2.05, 4.69) is 0 Å². The second-order valence-corrected chi connectivity index (χ2v) is 10.7. The largest absolute Gasteiger partial charge is 0.550 e. The maximum atomic E-state index is 13.2. The number of carboxylic acids is 1. The topological polar surface area (TPSA) is 110 Å². The van der Waals surface area contributed by atoms with Crippen LogP contribution >= 0.6 is 0 Å². The van der Waals surface area contributed by atoms with Crippen molar-refractivity contribution in [2.24, 2.45) is 5.92 Å². The lowest BCUT2D eigenvalue weighted by Crippen LogP contribution is -2.24. The van der Waals surface area contributed by atoms with Crippen LogP contribution in [0.3, 0.4) is 0 Å². The lowest BCUT2D eigenvalue weighted by atomic mass is 9.88. The molecular weight excluding hydrogens is 468 g/mol. The molecule has 1 unspecified atom stereocenters. The number of hydrogen-bond donors (Lipinski definition) is 0. The number of carbonyl (C=O) groups excluding carboxylic acids is 2. The molecule has 7 nitrogen and oxygen atoms in total. The molecule has 1 saturated carbocycles. The van der Waals surface area contributed by atoms with Crippen LogP contribution in [0.15, 0.2) is 40.8 Å². The van der Waals surface area contributed by atoms with Gasteiger partial charge in [0.15, 0.2) is 5.75 Å². The molecule has 1 aliphatic carbocycles. The van der Waals surface area contributed by atoms with Crippen molar-refractivity contribution in [1.82, 2.24) is 0 Å². The molecule has 0 radical (unpaired) electrons. The predicted octanol–water partition coefficient (Wildman–Crippen LogP) is 3.71. The summed E-state index contributed by atoms with van der Waals surface area (Å²) >= 11 is 0. The number of aliphatic carboxylic acids is 1. The summed E-state index contributed by atoms with van der Waals surface area (Å²) in [6.45, 7) is 5.80. The summed E-state index contributed by atoms with van der Waals surface area (Å²) in [6, 6.07) is 6.32. The molecule has 0 saturated heterocycles. The van der Waals surface area contributed by atoms with E-state index in [1.54, 1.807) is 12.1 Å². The lowest BCUT2D eigenvalue weighted by Gasteiger charge is -2.20. The third-order valence-corrected chi connectivity index (χ3v) is 8.24. The van der Waals surface area contributed by atoms with E-state index in [0.29, 0.717) is 24.0 Å². The summed E-state index contributed by atoms with van der Waals surface area (Å²) in [5.74, 6) is -1.77. The van der Waals surface area contributed by atoms with Crippen LogP contribution in [0.4, 0.5) is 0 Å². The maximum absolute atomic E-state index is 13.2. The molecular formula is C27H29O7S-. The minimum Gasteiger partial charge on any atom is -0.550 e. The Balaban J connectivity index is 1.82. The quantitative estimate of drug-likeness (QED) is 0.311. The summed E-state index contributed by atoms with van der Waals surface area (Å²) in [5.41, 5.74) is 5.14. The molecule has 8 heteroatoms. The first-order valence-corrected chi connectivity index (χ1v) is 13.3. The van der Waals surface area contributed by atoms with Gasteiger partial charge in [0.05, 0.1) is 0 Å². The highest BCUT2D eigenvalue weighted by Crippen LogP contribution is 2.41. The fourth-order valence-corrected chi connectivity index (χ4v) is 6.12. The van der Waals surface area contributed by atoms with Crippen molar-refractivity contribution in [3.63, 3.8) is 0 Å². The van der Waals surface area contributed by atoms with Gasteiger partial charge in [-0.3, -0.25) is 0 Å². The zero-order valence-corrected chi connectivity index (χ0v) is 21.0. The van der Waals surface area contributed by atoms with Crippen molar-refractivity contribution in [2.75, 3.05) is 0 Å². The highest BCUT2D eigenvalue weighted by atomic mass is 32.2. The summed E-state index contributed by atoms with van der Waals surface area (Å²) in [4.78, 5) is 23.9. The molecule has 0 amide bonds. The van der Waals surface area contributed by atoms with E-state index >= 15 is 0 Å². The number of esters is 1. The Labute approximate surface area is 205 Å². The average molecular weight is 498 g/mol. The number of cyclic esters (lactones) is 1. The molecule has 2 aliphatic rings. The number of carbonyl (C=O) groups is 2. The van der Waals surface area contributed by atoms with E-state index in [0.717, 1.165) is 41.5 Å². The first-order chi connectivity index (χ1) is 16.6. The number of carboxylic acid groups (broad SMARTS) is 1. The highest BCUT2D eigenvalue weighted by molar-refractivity contribution is 7.87. The highest BCUT2D eigenvalue weighted by Gasteiger charge is 2.34. The Morgan fingerprint density at radius 3 is 2.57 bits per heavy atom. The van der Waals surface area contributed by atoms with Gasteiger partial charge in [-0.25, -0.2) is 4.79 Å². The van der Waals surface area contributed by atoms with Crippen molar-refractivity contribution in [3.8, 4) is 5.75 Å². The number of hydrogen-bond acceptors (Lipinski definition) is 7. The van der Waals surface area contributed by atoms with Crippen LogP contribution in [0.2, 0.25) is 0 Å². The molecule has 4 rings (SSSR count). The second kappa shape index (κ2) is 9.85. The van der Waals surface area contributed by atoms with E-state index in [-0.39, 0.29) is 35.2 Å². The molecule has 186 valence electrons. The standard InChI is InChI=1S/C27H30O7S/c1-4-21-17(3)23-15-33-27(30)25(23)26(34-35(31,32)20-11-8-16(2)9-12-20)22(21)13-10-18-6-5-7-19(18)14-24(28)29/h8-12,19H,4-7,13-15H2,1-3H3,(H,28,29)/p-1/b18-10+. The van der Waals surface area contributed by atoms with Gasteiger partial charge >= 0.3 is 16.1 Å². The predicted molar refractivity (Wildman–Crippen MR) is 127 cm³/mol. The van der Waals surface area contributed by atoms with Gasteiger partial charge in [-0.1, -0.05) is 36.3 Å². The van der Waals surface area contributed by atoms with Gasteiger partial charge in [0.2, 0.25) is 0 Å². The van der Waals surface area contributed by atoms with E-state index < -0.39 is 22.1 Å². The van der Waals surface area contributed by atoms with E-state index in [1.807, 2.05) is 26.8 Å². The number of fused-ring (bicyclic) bond motifs is 1. The molecule has 0 bridgehead atoms. The zero-order valence-electron chi connectivity index (χ0n) is 20.2. The van der Waals surface area contributed by atoms with Crippen LogP contribution in [0.1, 0.15) is 70.8 Å². The molecule has 0 N–H and O–H groups in total. The summed E-state index contributed by atoms with van der Waals surface area (Å²) < 4.78 is 37.4. The fraction of sp³-hybridized carbons (Fsp3) is 0.407. The van der Waals surface area contributed by atoms with Crippen molar-refractivity contribution in [2.45, 2.75) is 70.8 Å². The maximum Gasteiger partial charge on any atom is 0.342 e. The monoisotopic (exact) mass is 497 g/mol. The van der Waals surface area contributed by atoms with Gasteiger partial charge < -0.3 is 18.8 Å². The van der Waals surface area contributed by atoms with Crippen LogP contribution < -0.4 is 9.29 Å². The minimum absolute atomic E-state index is 0.00374. The average Bonchev–Trinajstić information content (AvgIpc) is 3.40. The third-order valence-electron chi connectivity index (χ3n) is 7.00. The SMILES string of the molecule is CCc1c(C)c2c(c(OS(=O)(=O)c3ccc(C)cc3)c1C/C=C1\CCCC1CC(=O)[O-])C(=O)OC2. The molecule has 35 heavy (non-hydrogen) atoms. The Morgan fingerprint density at radius 2 is 1.91 bits per heavy atom. The van der Waals surface area contributed by atoms with Gasteiger partial charge in [-0.15, -0.1) is 0 Å². The molecule has 1 fully saturated rings. The van der Waals surface area contributed by atoms with Gasteiger partial charge in [0, 0.05) is 17.1 Å². The number of ether oxygens (including phenoxy) is 1. The number of benzene rings is 2. The smallest absolute Gasteiger partial charge is 0.342 e. The summed E-state index contributed by atoms with van der Waals surface area (Å²) in [6.07, 6.45) is 5.31. The summed E-state index contributed by atoms with van der Waals surface area (Å²) in [7, 11) is -4.21. The molecule has 1 atom stereocenters. The van der Waals surface area contributed by atoms with Gasteiger partial charge in [0.1, 0.15) is 17.1 Å². The van der Waals surface area contributed by atoms with Crippen molar-refractivity contribution >= 4 is 22.1 Å². The van der Waals surface area contributed by atoms with E-state index in [1.165, 1.54) is 12.1 Å². The number of allylic oxidation sites excluding steroid dienone is 2. The van der Waals surface area contributed by atoms with Crippen LogP contribution in [0.25, 0.3) is 0 Å². The third kappa shape index (κ3) is 4.98. The number of aryl methyl sites for hydroxylation is 1. The summed E-state index contributed by atoms with van der Waals surface area (Å²) in [5, 5.41) is 11.2. The van der Waals surface area contributed by atoms with Gasteiger partial charge in [-0.05, 0) is 81.5 Å². The second-order valence-electron chi connectivity index (χ2n) is 9.19. The molecule has 0 aromatic heterocycles. The van der Waals surface area contributed by atoms with Crippen LogP contribution in [0, 0.1) is 19.8 Å². The lowest BCUT2D eigenvalue weighted by molar-refractivity contribution is -0.306. The van der Waals surface area contributed by atoms with Crippen LogP contribution in [0.5, 0.6) is 5.75 Å². The van der Waals surface area contributed by atoms with Crippen LogP contribution in [-0.2, 0) is 39.1 Å². The number of rotatable bonds is 8. The Bertz CT molecular complexity index is 1300. The van der Waals surface area contributed by atoms with Crippen molar-refractivity contribution in [3.05, 3.63) is 69.3 Å². The zero-order chi connectivity index (χ0) is 25.3. The molecule has 2 aromatic carbocycles. The Morgan fingerprint density at radius 1 is 1.20 bits per heavy atom. The van der Waals surface area contributed by atoms with Gasteiger partial charge in [-0.2, -0.15) is 8.42 Å². The molecule has 1 heterocycles. The molecule has 2 aromatic rings. The first-order valence-electron chi connectivity index (χ1n) is 11.9. The Hall–Kier alpha value is -3.13. The fourth-order valence-electron chi connectivity index (χ4n) is 5.15. The molecule has 0 spiro atoms. The Kier molecular flexibility index (Phi) is 7.03. The van der Waals surface area contributed by atoms with E-state index in [9.17, 15) is 23.1 Å². The van der Waals surface area contributed by atoms with Crippen molar-refractivity contribution in [1.29, 1.82) is 0 Å². The molecule has 1 aliphatic heterocycles.